The first-order chi connectivity index (χ1) is 13.8. The molecule has 0 bridgehead atoms. The predicted octanol–water partition coefficient (Wildman–Crippen LogP) is 3.29. The number of sulfonamides is 1. The number of anilines is 1. The summed E-state index contributed by atoms with van der Waals surface area (Å²) >= 11 is 0. The van der Waals surface area contributed by atoms with Crippen LogP contribution in [0, 0.1) is 0 Å². The van der Waals surface area contributed by atoms with Gasteiger partial charge in [-0.15, -0.1) is 0 Å². The van der Waals surface area contributed by atoms with Crippen LogP contribution in [0.25, 0.3) is 0 Å². The van der Waals surface area contributed by atoms with E-state index in [0.717, 1.165) is 30.6 Å². The second kappa shape index (κ2) is 8.97. The third-order valence-electron chi connectivity index (χ3n) is 5.01. The Hall–Kier alpha value is -2.38. The Kier molecular flexibility index (Phi) is 6.59. The molecule has 156 valence electrons. The van der Waals surface area contributed by atoms with Gasteiger partial charge in [-0.05, 0) is 75.6 Å². The van der Waals surface area contributed by atoms with E-state index in [1.165, 1.54) is 0 Å². The highest BCUT2D eigenvalue weighted by Crippen LogP contribution is 2.22. The summed E-state index contributed by atoms with van der Waals surface area (Å²) in [6, 6.07) is 14.7. The van der Waals surface area contributed by atoms with Crippen LogP contribution in [0.3, 0.4) is 0 Å². The molecule has 2 aromatic rings. The van der Waals surface area contributed by atoms with Crippen LogP contribution < -0.4 is 14.9 Å². The van der Waals surface area contributed by atoms with Crippen LogP contribution in [-0.2, 0) is 16.6 Å². The molecular formula is C22H29N3O3S. The maximum atomic E-state index is 12.4. The summed E-state index contributed by atoms with van der Waals surface area (Å²) in [6.07, 6.45) is 1.80. The standard InChI is InChI=1S/C22H29N3O3S/c1-4-25(16(2)3)20-11-7-18(8-12-20)22(26)23-15-17-5-13-21(14-6-17)29(27,28)24-19-9-10-19/h5-8,11-14,16,19,24H,4,9-10,15H2,1-3H3,(H,23,26). The zero-order valence-corrected chi connectivity index (χ0v) is 18.0. The number of nitrogens with zero attached hydrogens (tertiary/aromatic N) is 1. The minimum Gasteiger partial charge on any atom is -0.369 e. The predicted molar refractivity (Wildman–Crippen MR) is 116 cm³/mol. The molecule has 6 nitrogen and oxygen atoms in total. The number of nitrogens with one attached hydrogen (secondary N) is 2. The molecule has 0 aromatic heterocycles. The summed E-state index contributed by atoms with van der Waals surface area (Å²) in [4.78, 5) is 14.9. The van der Waals surface area contributed by atoms with Gasteiger partial charge < -0.3 is 10.2 Å². The summed E-state index contributed by atoms with van der Waals surface area (Å²) in [7, 11) is -3.45. The number of benzene rings is 2. The molecule has 1 aliphatic carbocycles. The van der Waals surface area contributed by atoms with Crippen LogP contribution in [0.2, 0.25) is 0 Å². The van der Waals surface area contributed by atoms with E-state index in [-0.39, 0.29) is 16.8 Å². The summed E-state index contributed by atoms with van der Waals surface area (Å²) in [5.74, 6) is -0.156. The van der Waals surface area contributed by atoms with E-state index in [1.54, 1.807) is 24.3 Å². The lowest BCUT2D eigenvalue weighted by Crippen LogP contribution is -2.30. The number of hydrogen-bond acceptors (Lipinski definition) is 4. The molecule has 0 radical (unpaired) electrons. The van der Waals surface area contributed by atoms with E-state index in [0.29, 0.717) is 18.2 Å². The molecule has 3 rings (SSSR count). The van der Waals surface area contributed by atoms with Crippen molar-refractivity contribution < 1.29 is 13.2 Å². The van der Waals surface area contributed by atoms with Gasteiger partial charge >= 0.3 is 0 Å². The Morgan fingerprint density at radius 3 is 2.21 bits per heavy atom. The van der Waals surface area contributed by atoms with Gasteiger partial charge in [0.25, 0.3) is 5.91 Å². The van der Waals surface area contributed by atoms with Crippen molar-refractivity contribution in [2.24, 2.45) is 0 Å². The quantitative estimate of drug-likeness (QED) is 0.659. The fraction of sp³-hybridized carbons (Fsp3) is 0.409. The van der Waals surface area contributed by atoms with E-state index >= 15 is 0 Å². The zero-order chi connectivity index (χ0) is 21.0. The van der Waals surface area contributed by atoms with Gasteiger partial charge in [-0.3, -0.25) is 4.79 Å². The van der Waals surface area contributed by atoms with Gasteiger partial charge in [-0.25, -0.2) is 13.1 Å². The number of hydrogen-bond donors (Lipinski definition) is 2. The van der Waals surface area contributed by atoms with E-state index < -0.39 is 10.0 Å². The molecule has 1 aliphatic rings. The second-order valence-electron chi connectivity index (χ2n) is 7.65. The molecule has 0 spiro atoms. The largest absolute Gasteiger partial charge is 0.369 e. The van der Waals surface area contributed by atoms with Gasteiger partial charge in [0.05, 0.1) is 4.90 Å². The number of rotatable bonds is 9. The van der Waals surface area contributed by atoms with Crippen molar-refractivity contribution in [3.63, 3.8) is 0 Å². The van der Waals surface area contributed by atoms with Gasteiger partial charge in [-0.2, -0.15) is 0 Å². The molecule has 2 N–H and O–H groups in total. The monoisotopic (exact) mass is 415 g/mol. The first kappa shape index (κ1) is 21.3. The average Bonchev–Trinajstić information content (AvgIpc) is 3.50. The van der Waals surface area contributed by atoms with E-state index in [9.17, 15) is 13.2 Å². The minimum atomic E-state index is -3.45. The molecule has 0 unspecified atom stereocenters. The Morgan fingerprint density at radius 2 is 1.69 bits per heavy atom. The smallest absolute Gasteiger partial charge is 0.251 e. The Balaban J connectivity index is 1.57. The molecule has 1 fully saturated rings. The Bertz CT molecular complexity index is 934. The highest BCUT2D eigenvalue weighted by Gasteiger charge is 2.27. The second-order valence-corrected chi connectivity index (χ2v) is 9.36. The zero-order valence-electron chi connectivity index (χ0n) is 17.2. The third kappa shape index (κ3) is 5.58. The van der Waals surface area contributed by atoms with Crippen LogP contribution in [-0.4, -0.2) is 33.0 Å². The third-order valence-corrected chi connectivity index (χ3v) is 6.55. The van der Waals surface area contributed by atoms with Crippen molar-refractivity contribution in [1.82, 2.24) is 10.0 Å². The van der Waals surface area contributed by atoms with Gasteiger partial charge in [0, 0.05) is 36.4 Å². The van der Waals surface area contributed by atoms with Crippen molar-refractivity contribution in [3.05, 3.63) is 59.7 Å². The van der Waals surface area contributed by atoms with Gasteiger partial charge in [-0.1, -0.05) is 12.1 Å². The first-order valence-electron chi connectivity index (χ1n) is 10.1. The molecule has 29 heavy (non-hydrogen) atoms. The summed E-state index contributed by atoms with van der Waals surface area (Å²) in [5, 5.41) is 2.88. The molecule has 2 aromatic carbocycles. The molecule has 0 saturated heterocycles. The van der Waals surface area contributed by atoms with Crippen molar-refractivity contribution in [3.8, 4) is 0 Å². The van der Waals surface area contributed by atoms with Gasteiger partial charge in [0.2, 0.25) is 10.0 Å². The number of carbonyl (C=O) groups is 1. The van der Waals surface area contributed by atoms with Crippen molar-refractivity contribution in [2.45, 2.75) is 57.1 Å². The molecule has 0 aliphatic heterocycles. The average molecular weight is 416 g/mol. The molecular weight excluding hydrogens is 386 g/mol. The lowest BCUT2D eigenvalue weighted by Gasteiger charge is -2.27. The lowest BCUT2D eigenvalue weighted by molar-refractivity contribution is 0.0951. The maximum absolute atomic E-state index is 12.4. The van der Waals surface area contributed by atoms with Gasteiger partial charge in [0.1, 0.15) is 0 Å². The summed E-state index contributed by atoms with van der Waals surface area (Å²) < 4.78 is 27.1. The van der Waals surface area contributed by atoms with E-state index in [4.69, 9.17) is 0 Å². The molecule has 1 amide bonds. The summed E-state index contributed by atoms with van der Waals surface area (Å²) in [6.45, 7) is 7.64. The summed E-state index contributed by atoms with van der Waals surface area (Å²) in [5.41, 5.74) is 2.54. The fourth-order valence-electron chi connectivity index (χ4n) is 3.21. The van der Waals surface area contributed by atoms with E-state index in [2.05, 4.69) is 35.7 Å². The topological polar surface area (TPSA) is 78.5 Å². The van der Waals surface area contributed by atoms with Crippen LogP contribution in [0.15, 0.2) is 53.4 Å². The molecule has 0 heterocycles. The molecule has 7 heteroatoms. The SMILES string of the molecule is CCN(c1ccc(C(=O)NCc2ccc(S(=O)(=O)NC3CC3)cc2)cc1)C(C)C. The molecule has 1 saturated carbocycles. The Labute approximate surface area is 173 Å². The van der Waals surface area contributed by atoms with E-state index in [1.807, 2.05) is 24.3 Å². The first-order valence-corrected chi connectivity index (χ1v) is 11.5. The van der Waals surface area contributed by atoms with Crippen LogP contribution in [0.5, 0.6) is 0 Å². The van der Waals surface area contributed by atoms with Gasteiger partial charge in [0.15, 0.2) is 0 Å². The van der Waals surface area contributed by atoms with Crippen molar-refractivity contribution in [2.75, 3.05) is 11.4 Å². The number of carbonyl (C=O) groups excluding carboxylic acids is 1. The fourth-order valence-corrected chi connectivity index (χ4v) is 4.51. The molecule has 0 atom stereocenters. The van der Waals surface area contributed by atoms with Crippen LogP contribution >= 0.6 is 0 Å². The van der Waals surface area contributed by atoms with Crippen molar-refractivity contribution in [1.29, 1.82) is 0 Å². The normalized spacial score (nSPS) is 14.1. The maximum Gasteiger partial charge on any atom is 0.251 e. The minimum absolute atomic E-state index is 0.0790. The van der Waals surface area contributed by atoms with Crippen LogP contribution in [0.4, 0.5) is 5.69 Å². The highest BCUT2D eigenvalue weighted by molar-refractivity contribution is 7.89. The lowest BCUT2D eigenvalue weighted by atomic mass is 10.1. The van der Waals surface area contributed by atoms with Crippen molar-refractivity contribution >= 4 is 21.6 Å². The highest BCUT2D eigenvalue weighted by atomic mass is 32.2. The number of amides is 1. The van der Waals surface area contributed by atoms with Crippen LogP contribution in [0.1, 0.15) is 49.5 Å². The Morgan fingerprint density at radius 1 is 1.07 bits per heavy atom.